The van der Waals surface area contributed by atoms with Crippen LogP contribution in [0.4, 0.5) is 4.39 Å². The lowest BCUT2D eigenvalue weighted by atomic mass is 10.0. The molecule has 5 heteroatoms. The molecule has 0 unspecified atom stereocenters. The molecule has 32 heavy (non-hydrogen) atoms. The molecule has 3 aromatic carbocycles. The lowest BCUT2D eigenvalue weighted by Crippen LogP contribution is -2.26. The van der Waals surface area contributed by atoms with Gasteiger partial charge >= 0.3 is 0 Å². The van der Waals surface area contributed by atoms with E-state index in [1.54, 1.807) is 12.1 Å². The first-order chi connectivity index (χ1) is 15.6. The van der Waals surface area contributed by atoms with Gasteiger partial charge in [0.05, 0.1) is 11.2 Å². The minimum Gasteiger partial charge on any atom is -0.353 e. The van der Waals surface area contributed by atoms with Crippen LogP contribution in [0.15, 0.2) is 78.9 Å². The van der Waals surface area contributed by atoms with E-state index in [1.807, 2.05) is 61.5 Å². The van der Waals surface area contributed by atoms with Crippen molar-refractivity contribution in [1.82, 2.24) is 15.3 Å². The van der Waals surface area contributed by atoms with E-state index >= 15 is 0 Å². The molecular weight excluding hydrogens is 401 g/mol. The summed E-state index contributed by atoms with van der Waals surface area (Å²) in [6.45, 7) is 2.48. The summed E-state index contributed by atoms with van der Waals surface area (Å²) in [7, 11) is 0. The van der Waals surface area contributed by atoms with Crippen LogP contribution in [0.3, 0.4) is 0 Å². The number of pyridine rings is 1. The van der Waals surface area contributed by atoms with Gasteiger partial charge in [-0.05, 0) is 48.7 Å². The van der Waals surface area contributed by atoms with E-state index < -0.39 is 0 Å². The number of nitrogens with zero attached hydrogens (tertiary/aromatic N) is 1. The summed E-state index contributed by atoms with van der Waals surface area (Å²) < 4.78 is 13.1. The van der Waals surface area contributed by atoms with E-state index in [0.717, 1.165) is 44.2 Å². The number of H-pyrrole nitrogens is 1. The molecule has 0 saturated carbocycles. The molecule has 0 aliphatic rings. The van der Waals surface area contributed by atoms with Gasteiger partial charge in [-0.15, -0.1) is 0 Å². The second-order valence-corrected chi connectivity index (χ2v) is 7.90. The SMILES string of the molecule is Cc1ccccc1-c1nc(C(=O)NCCc2ccc(F)cc2)cc2c1[nH]c1ccccc12. The maximum absolute atomic E-state index is 13.1. The highest BCUT2D eigenvalue weighted by Crippen LogP contribution is 2.33. The molecule has 2 heterocycles. The van der Waals surface area contributed by atoms with Crippen molar-refractivity contribution in [3.63, 3.8) is 0 Å². The lowest BCUT2D eigenvalue weighted by molar-refractivity contribution is 0.0949. The van der Waals surface area contributed by atoms with Crippen LogP contribution in [-0.4, -0.2) is 22.4 Å². The summed E-state index contributed by atoms with van der Waals surface area (Å²) in [5, 5.41) is 4.98. The molecule has 0 aliphatic heterocycles. The van der Waals surface area contributed by atoms with Crippen molar-refractivity contribution in [2.75, 3.05) is 6.54 Å². The van der Waals surface area contributed by atoms with E-state index in [0.29, 0.717) is 18.7 Å². The van der Waals surface area contributed by atoms with Crippen LogP contribution in [0.25, 0.3) is 33.1 Å². The monoisotopic (exact) mass is 423 g/mol. The molecule has 5 rings (SSSR count). The molecule has 1 amide bonds. The predicted octanol–water partition coefficient (Wildman–Crippen LogP) is 5.80. The molecule has 158 valence electrons. The number of rotatable bonds is 5. The Labute approximate surface area is 185 Å². The van der Waals surface area contributed by atoms with Crippen molar-refractivity contribution in [1.29, 1.82) is 0 Å². The third-order valence-corrected chi connectivity index (χ3v) is 5.74. The second-order valence-electron chi connectivity index (χ2n) is 7.90. The second kappa shape index (κ2) is 8.27. The number of hydrogen-bond donors (Lipinski definition) is 2. The van der Waals surface area contributed by atoms with Crippen LogP contribution in [0, 0.1) is 12.7 Å². The first-order valence-corrected chi connectivity index (χ1v) is 10.6. The quantitative estimate of drug-likeness (QED) is 0.375. The number of amides is 1. The Kier molecular flexibility index (Phi) is 5.15. The number of aryl methyl sites for hydroxylation is 1. The molecule has 0 aliphatic carbocycles. The van der Waals surface area contributed by atoms with Gasteiger partial charge in [-0.3, -0.25) is 4.79 Å². The maximum atomic E-state index is 13.1. The van der Waals surface area contributed by atoms with Gasteiger partial charge in [-0.1, -0.05) is 54.6 Å². The number of carbonyl (C=O) groups is 1. The van der Waals surface area contributed by atoms with Crippen molar-refractivity contribution < 1.29 is 9.18 Å². The normalized spacial score (nSPS) is 11.2. The number of halogens is 1. The molecule has 0 saturated heterocycles. The van der Waals surface area contributed by atoms with Gasteiger partial charge in [0, 0.05) is 28.4 Å². The number of benzene rings is 3. The molecule has 2 N–H and O–H groups in total. The Morgan fingerprint density at radius 2 is 1.72 bits per heavy atom. The Balaban J connectivity index is 1.52. The zero-order valence-electron chi connectivity index (χ0n) is 17.7. The molecular formula is C27H22FN3O. The Bertz CT molecular complexity index is 1440. The maximum Gasteiger partial charge on any atom is 0.269 e. The average Bonchev–Trinajstić information content (AvgIpc) is 3.19. The van der Waals surface area contributed by atoms with Crippen LogP contribution < -0.4 is 5.32 Å². The van der Waals surface area contributed by atoms with Crippen molar-refractivity contribution in [2.24, 2.45) is 0 Å². The summed E-state index contributed by atoms with van der Waals surface area (Å²) in [6, 6.07) is 24.3. The summed E-state index contributed by atoms with van der Waals surface area (Å²) >= 11 is 0. The third-order valence-electron chi connectivity index (χ3n) is 5.74. The summed E-state index contributed by atoms with van der Waals surface area (Å²) in [5.41, 5.74) is 6.11. The highest BCUT2D eigenvalue weighted by atomic mass is 19.1. The molecule has 0 fully saturated rings. The minimum atomic E-state index is -0.266. The van der Waals surface area contributed by atoms with Gasteiger partial charge in [0.2, 0.25) is 0 Å². The fourth-order valence-corrected chi connectivity index (χ4v) is 4.06. The van der Waals surface area contributed by atoms with E-state index in [-0.39, 0.29) is 11.7 Å². The van der Waals surface area contributed by atoms with Crippen molar-refractivity contribution >= 4 is 27.7 Å². The number of para-hydroxylation sites is 1. The minimum absolute atomic E-state index is 0.228. The van der Waals surface area contributed by atoms with Gasteiger partial charge in [0.1, 0.15) is 11.5 Å². The number of hydrogen-bond acceptors (Lipinski definition) is 2. The predicted molar refractivity (Wildman–Crippen MR) is 126 cm³/mol. The molecule has 0 spiro atoms. The molecule has 4 nitrogen and oxygen atoms in total. The topological polar surface area (TPSA) is 57.8 Å². The van der Waals surface area contributed by atoms with Crippen LogP contribution >= 0.6 is 0 Å². The fourth-order valence-electron chi connectivity index (χ4n) is 4.06. The van der Waals surface area contributed by atoms with Crippen LogP contribution in [0.1, 0.15) is 21.6 Å². The van der Waals surface area contributed by atoms with Gasteiger partial charge < -0.3 is 10.3 Å². The molecule has 0 atom stereocenters. The van der Waals surface area contributed by atoms with Crippen LogP contribution in [0.5, 0.6) is 0 Å². The van der Waals surface area contributed by atoms with Crippen LogP contribution in [0.2, 0.25) is 0 Å². The standard InChI is InChI=1S/C27H22FN3O/c1-17-6-2-3-7-20(17)25-26-22(21-8-4-5-9-23(21)30-26)16-24(31-25)27(32)29-15-14-18-10-12-19(28)13-11-18/h2-13,16,30H,14-15H2,1H3,(H,29,32). The number of fused-ring (bicyclic) bond motifs is 3. The smallest absolute Gasteiger partial charge is 0.269 e. The van der Waals surface area contributed by atoms with Gasteiger partial charge in [0.15, 0.2) is 0 Å². The number of aromatic nitrogens is 2. The van der Waals surface area contributed by atoms with Crippen molar-refractivity contribution in [3.05, 3.63) is 102 Å². The van der Waals surface area contributed by atoms with E-state index in [2.05, 4.69) is 10.3 Å². The highest BCUT2D eigenvalue weighted by Gasteiger charge is 2.17. The van der Waals surface area contributed by atoms with Gasteiger partial charge in [-0.25, -0.2) is 9.37 Å². The lowest BCUT2D eigenvalue weighted by Gasteiger charge is -2.10. The van der Waals surface area contributed by atoms with Crippen LogP contribution in [-0.2, 0) is 6.42 Å². The summed E-state index contributed by atoms with van der Waals surface area (Å²) in [6.07, 6.45) is 0.617. The molecule has 0 radical (unpaired) electrons. The van der Waals surface area contributed by atoms with Gasteiger partial charge in [0.25, 0.3) is 5.91 Å². The summed E-state index contributed by atoms with van der Waals surface area (Å²) in [4.78, 5) is 21.3. The number of aromatic amines is 1. The zero-order valence-corrected chi connectivity index (χ0v) is 17.7. The van der Waals surface area contributed by atoms with Gasteiger partial charge in [-0.2, -0.15) is 0 Å². The molecule has 2 aromatic heterocycles. The van der Waals surface area contributed by atoms with Crippen molar-refractivity contribution in [3.8, 4) is 11.3 Å². The van der Waals surface area contributed by atoms with E-state index in [9.17, 15) is 9.18 Å². The Morgan fingerprint density at radius 3 is 2.53 bits per heavy atom. The van der Waals surface area contributed by atoms with E-state index in [1.165, 1.54) is 12.1 Å². The Morgan fingerprint density at radius 1 is 0.969 bits per heavy atom. The van der Waals surface area contributed by atoms with Crippen molar-refractivity contribution in [2.45, 2.75) is 13.3 Å². The first-order valence-electron chi connectivity index (χ1n) is 10.6. The number of nitrogens with one attached hydrogen (secondary N) is 2. The zero-order chi connectivity index (χ0) is 22.1. The first kappa shape index (κ1) is 19.9. The highest BCUT2D eigenvalue weighted by molar-refractivity contribution is 6.13. The summed E-state index contributed by atoms with van der Waals surface area (Å²) in [5.74, 6) is -0.494. The third kappa shape index (κ3) is 3.73. The van der Waals surface area contributed by atoms with E-state index in [4.69, 9.17) is 4.98 Å². The molecule has 5 aromatic rings. The number of carbonyl (C=O) groups excluding carboxylic acids is 1. The molecule has 0 bridgehead atoms. The Hall–Kier alpha value is -3.99. The average molecular weight is 423 g/mol. The fraction of sp³-hybridized carbons (Fsp3) is 0.111. The largest absolute Gasteiger partial charge is 0.353 e.